The SMILES string of the molecule is COc1cccc(CC(=O)Nc2nc(-c3ccccc3)c(C3=NOC=CCC3)s2)c1. The lowest BCUT2D eigenvalue weighted by Gasteiger charge is -2.04. The lowest BCUT2D eigenvalue weighted by molar-refractivity contribution is -0.115. The first-order valence-corrected chi connectivity index (χ1v) is 10.4. The molecule has 0 spiro atoms. The molecule has 2 aromatic carbocycles. The summed E-state index contributed by atoms with van der Waals surface area (Å²) in [4.78, 5) is 23.5. The van der Waals surface area contributed by atoms with E-state index in [-0.39, 0.29) is 12.3 Å². The van der Waals surface area contributed by atoms with Gasteiger partial charge in [-0.25, -0.2) is 4.98 Å². The number of thiazole rings is 1. The molecule has 1 N–H and O–H groups in total. The van der Waals surface area contributed by atoms with E-state index in [4.69, 9.17) is 14.6 Å². The Kier molecular flexibility index (Phi) is 6.20. The second-order valence-corrected chi connectivity index (χ2v) is 7.69. The number of amides is 1. The molecule has 0 radical (unpaired) electrons. The van der Waals surface area contributed by atoms with Crippen molar-refractivity contribution in [3.8, 4) is 17.0 Å². The molecule has 1 aliphatic rings. The van der Waals surface area contributed by atoms with E-state index in [1.54, 1.807) is 13.4 Å². The second kappa shape index (κ2) is 9.37. The fourth-order valence-corrected chi connectivity index (χ4v) is 4.13. The standard InChI is InChI=1S/C23H21N3O3S/c1-28-18-11-7-8-16(14-18)15-20(27)24-23-25-21(17-9-3-2-4-10-17)22(30-23)19-12-5-6-13-29-26-19/h2-4,6-11,13-14H,5,12,15H2,1H3,(H,24,25,27). The summed E-state index contributed by atoms with van der Waals surface area (Å²) >= 11 is 1.41. The van der Waals surface area contributed by atoms with Crippen molar-refractivity contribution in [1.29, 1.82) is 0 Å². The average Bonchev–Trinajstić information content (AvgIpc) is 2.99. The van der Waals surface area contributed by atoms with Gasteiger partial charge in [-0.2, -0.15) is 0 Å². The van der Waals surface area contributed by atoms with Gasteiger partial charge >= 0.3 is 0 Å². The van der Waals surface area contributed by atoms with Crippen LogP contribution in [0.4, 0.5) is 5.13 Å². The first-order chi connectivity index (χ1) is 14.7. The molecule has 4 rings (SSSR count). The van der Waals surface area contributed by atoms with Gasteiger partial charge in [-0.1, -0.05) is 59.0 Å². The number of nitrogens with zero attached hydrogens (tertiary/aromatic N) is 2. The summed E-state index contributed by atoms with van der Waals surface area (Å²) in [5, 5.41) is 7.70. The van der Waals surface area contributed by atoms with Crippen molar-refractivity contribution >= 4 is 28.1 Å². The van der Waals surface area contributed by atoms with Crippen LogP contribution in [0.15, 0.2) is 72.1 Å². The van der Waals surface area contributed by atoms with Gasteiger partial charge in [0.25, 0.3) is 0 Å². The molecule has 0 atom stereocenters. The van der Waals surface area contributed by atoms with Gasteiger partial charge in [-0.05, 0) is 36.6 Å². The largest absolute Gasteiger partial charge is 0.497 e. The maximum Gasteiger partial charge on any atom is 0.230 e. The van der Waals surface area contributed by atoms with Gasteiger partial charge in [0, 0.05) is 5.56 Å². The lowest BCUT2D eigenvalue weighted by atomic mass is 10.1. The topological polar surface area (TPSA) is 72.8 Å². The predicted molar refractivity (Wildman–Crippen MR) is 119 cm³/mol. The molecule has 2 heterocycles. The van der Waals surface area contributed by atoms with Crippen molar-refractivity contribution in [1.82, 2.24) is 4.98 Å². The minimum atomic E-state index is -0.135. The fraction of sp³-hybridized carbons (Fsp3) is 0.174. The van der Waals surface area contributed by atoms with E-state index in [1.807, 2.05) is 60.7 Å². The molecular formula is C23H21N3O3S. The van der Waals surface area contributed by atoms with Crippen LogP contribution >= 0.6 is 11.3 Å². The fourth-order valence-electron chi connectivity index (χ4n) is 3.12. The Labute approximate surface area is 178 Å². The third-order valence-corrected chi connectivity index (χ3v) is 5.57. The van der Waals surface area contributed by atoms with Gasteiger partial charge in [-0.3, -0.25) is 4.79 Å². The highest BCUT2D eigenvalue weighted by atomic mass is 32.1. The molecule has 0 fully saturated rings. The van der Waals surface area contributed by atoms with Crippen molar-refractivity contribution in [2.45, 2.75) is 19.3 Å². The summed E-state index contributed by atoms with van der Waals surface area (Å²) in [6.45, 7) is 0. The number of carbonyl (C=O) groups excluding carboxylic acids is 1. The van der Waals surface area contributed by atoms with Crippen molar-refractivity contribution in [3.63, 3.8) is 0 Å². The van der Waals surface area contributed by atoms with Gasteiger partial charge in [-0.15, -0.1) is 0 Å². The summed E-state index contributed by atoms with van der Waals surface area (Å²) < 4.78 is 5.23. The summed E-state index contributed by atoms with van der Waals surface area (Å²) in [5.74, 6) is 0.590. The van der Waals surface area contributed by atoms with E-state index in [0.717, 1.165) is 46.0 Å². The first-order valence-electron chi connectivity index (χ1n) is 9.60. The summed E-state index contributed by atoms with van der Waals surface area (Å²) in [7, 11) is 1.61. The van der Waals surface area contributed by atoms with Gasteiger partial charge in [0.05, 0.1) is 24.1 Å². The average molecular weight is 420 g/mol. The van der Waals surface area contributed by atoms with Crippen LogP contribution in [-0.4, -0.2) is 23.7 Å². The zero-order chi connectivity index (χ0) is 20.8. The van der Waals surface area contributed by atoms with Crippen LogP contribution in [0.25, 0.3) is 11.3 Å². The quantitative estimate of drug-likeness (QED) is 0.608. The van der Waals surface area contributed by atoms with Crippen LogP contribution in [-0.2, 0) is 16.1 Å². The Morgan fingerprint density at radius 1 is 1.20 bits per heavy atom. The molecule has 0 aliphatic carbocycles. The molecule has 1 aromatic heterocycles. The van der Waals surface area contributed by atoms with E-state index in [2.05, 4.69) is 10.5 Å². The Morgan fingerprint density at radius 2 is 2.07 bits per heavy atom. The van der Waals surface area contributed by atoms with Crippen LogP contribution in [0.3, 0.4) is 0 Å². The minimum absolute atomic E-state index is 0.135. The second-order valence-electron chi connectivity index (χ2n) is 6.69. The molecule has 0 unspecified atom stereocenters. The number of carbonyl (C=O) groups is 1. The maximum absolute atomic E-state index is 12.6. The molecule has 7 heteroatoms. The molecular weight excluding hydrogens is 398 g/mol. The maximum atomic E-state index is 12.6. The number of aromatic nitrogens is 1. The van der Waals surface area contributed by atoms with Gasteiger partial charge in [0.2, 0.25) is 5.91 Å². The number of anilines is 1. The van der Waals surface area contributed by atoms with Crippen molar-refractivity contribution in [2.24, 2.45) is 5.16 Å². The summed E-state index contributed by atoms with van der Waals surface area (Å²) in [6, 6.07) is 17.4. The number of rotatable bonds is 6. The van der Waals surface area contributed by atoms with E-state index in [0.29, 0.717) is 5.13 Å². The Balaban J connectivity index is 1.59. The lowest BCUT2D eigenvalue weighted by Crippen LogP contribution is -2.14. The predicted octanol–water partition coefficient (Wildman–Crippen LogP) is 5.03. The highest BCUT2D eigenvalue weighted by molar-refractivity contribution is 7.18. The van der Waals surface area contributed by atoms with Gasteiger partial charge in [0.15, 0.2) is 5.13 Å². The third-order valence-electron chi connectivity index (χ3n) is 4.55. The Hall–Kier alpha value is -3.45. The number of nitrogens with one attached hydrogen (secondary N) is 1. The smallest absolute Gasteiger partial charge is 0.230 e. The van der Waals surface area contributed by atoms with Crippen LogP contribution in [0, 0.1) is 0 Å². The first kappa shape index (κ1) is 19.8. The number of ether oxygens (including phenoxy) is 1. The van der Waals surface area contributed by atoms with Gasteiger partial charge in [0.1, 0.15) is 17.7 Å². The number of oxime groups is 1. The molecule has 152 valence electrons. The normalized spacial score (nSPS) is 13.2. The monoisotopic (exact) mass is 419 g/mol. The third kappa shape index (κ3) is 4.75. The molecule has 1 aliphatic heterocycles. The van der Waals surface area contributed by atoms with Crippen LogP contribution in [0.1, 0.15) is 23.3 Å². The number of hydrogen-bond acceptors (Lipinski definition) is 6. The van der Waals surface area contributed by atoms with Crippen molar-refractivity contribution in [3.05, 3.63) is 77.4 Å². The molecule has 0 saturated heterocycles. The molecule has 0 saturated carbocycles. The zero-order valence-corrected chi connectivity index (χ0v) is 17.3. The highest BCUT2D eigenvalue weighted by Gasteiger charge is 2.20. The van der Waals surface area contributed by atoms with Crippen LogP contribution < -0.4 is 10.1 Å². The molecule has 6 nitrogen and oxygen atoms in total. The Morgan fingerprint density at radius 3 is 2.90 bits per heavy atom. The van der Waals surface area contributed by atoms with E-state index >= 15 is 0 Å². The van der Waals surface area contributed by atoms with Crippen LogP contribution in [0.2, 0.25) is 0 Å². The molecule has 3 aromatic rings. The molecule has 0 bridgehead atoms. The zero-order valence-electron chi connectivity index (χ0n) is 16.5. The number of allylic oxidation sites excluding steroid dienone is 1. The molecule has 30 heavy (non-hydrogen) atoms. The number of benzene rings is 2. The van der Waals surface area contributed by atoms with E-state index in [9.17, 15) is 4.79 Å². The van der Waals surface area contributed by atoms with E-state index < -0.39 is 0 Å². The summed E-state index contributed by atoms with van der Waals surface area (Å²) in [5.41, 5.74) is 3.46. The summed E-state index contributed by atoms with van der Waals surface area (Å²) in [6.07, 6.45) is 5.35. The number of hydrogen-bond donors (Lipinski definition) is 1. The van der Waals surface area contributed by atoms with Crippen LogP contribution in [0.5, 0.6) is 5.75 Å². The minimum Gasteiger partial charge on any atom is -0.497 e. The van der Waals surface area contributed by atoms with E-state index in [1.165, 1.54) is 11.3 Å². The molecule has 1 amide bonds. The van der Waals surface area contributed by atoms with Crippen molar-refractivity contribution < 1.29 is 14.4 Å². The highest BCUT2D eigenvalue weighted by Crippen LogP contribution is 2.33. The Bertz CT molecular complexity index is 1090. The van der Waals surface area contributed by atoms with Crippen molar-refractivity contribution in [2.75, 3.05) is 12.4 Å². The number of methoxy groups -OCH3 is 1. The van der Waals surface area contributed by atoms with Gasteiger partial charge < -0.3 is 14.9 Å².